The van der Waals surface area contributed by atoms with Gasteiger partial charge in [0.1, 0.15) is 5.69 Å². The molecule has 0 saturated heterocycles. The summed E-state index contributed by atoms with van der Waals surface area (Å²) < 4.78 is 2.29. The van der Waals surface area contributed by atoms with Gasteiger partial charge in [-0.05, 0) is 85.0 Å². The number of hydrogen-bond donors (Lipinski definition) is 0. The van der Waals surface area contributed by atoms with Crippen LogP contribution in [-0.4, -0.2) is 4.57 Å². The van der Waals surface area contributed by atoms with Gasteiger partial charge in [-0.2, -0.15) is 5.26 Å². The van der Waals surface area contributed by atoms with Crippen molar-refractivity contribution in [3.05, 3.63) is 144 Å². The van der Waals surface area contributed by atoms with Crippen molar-refractivity contribution in [1.29, 1.82) is 5.26 Å². The van der Waals surface area contributed by atoms with E-state index in [0.717, 1.165) is 63.3 Å². The highest BCUT2D eigenvalue weighted by Crippen LogP contribution is 2.40. The second-order valence-corrected chi connectivity index (χ2v) is 10.2. The van der Waals surface area contributed by atoms with Gasteiger partial charge < -0.3 is 9.47 Å². The number of anilines is 3. The summed E-state index contributed by atoms with van der Waals surface area (Å²) in [5.41, 5.74) is 10.5. The highest BCUT2D eigenvalue weighted by atomic mass is 15.1. The van der Waals surface area contributed by atoms with Crippen molar-refractivity contribution in [3.8, 4) is 23.6 Å². The summed E-state index contributed by atoms with van der Waals surface area (Å²) >= 11 is 0. The molecule has 0 radical (unpaired) electrons. The van der Waals surface area contributed by atoms with Crippen LogP contribution in [0.3, 0.4) is 0 Å². The van der Waals surface area contributed by atoms with E-state index < -0.39 is 0 Å². The first-order valence-electron chi connectivity index (χ1n) is 14.0. The number of allylic oxidation sites excluding steroid dienone is 5. The predicted molar refractivity (Wildman–Crippen MR) is 170 cm³/mol. The molecule has 0 unspecified atom stereocenters. The molecule has 2 aliphatic rings. The Bertz CT molecular complexity index is 1930. The van der Waals surface area contributed by atoms with E-state index in [1.54, 1.807) is 0 Å². The van der Waals surface area contributed by atoms with E-state index in [2.05, 4.69) is 131 Å². The molecule has 194 valence electrons. The van der Waals surface area contributed by atoms with Crippen molar-refractivity contribution < 1.29 is 0 Å². The molecule has 0 amide bonds. The van der Waals surface area contributed by atoms with Gasteiger partial charge in [0.25, 0.3) is 0 Å². The summed E-state index contributed by atoms with van der Waals surface area (Å²) in [5.74, 6) is 6.83. The second-order valence-electron chi connectivity index (χ2n) is 10.2. The smallest absolute Gasteiger partial charge is 0.105 e. The first kappa shape index (κ1) is 24.5. The molecule has 2 aliphatic carbocycles. The monoisotopic (exact) mass is 525 g/mol. The summed E-state index contributed by atoms with van der Waals surface area (Å²) in [4.78, 5) is 2.29. The Balaban J connectivity index is 1.49. The number of rotatable bonds is 5. The maximum Gasteiger partial charge on any atom is 0.105 e. The Kier molecular flexibility index (Phi) is 6.32. The Morgan fingerprint density at radius 3 is 2.29 bits per heavy atom. The minimum atomic E-state index is 0.663. The first-order chi connectivity index (χ1) is 20.3. The number of nitriles is 1. The molecule has 41 heavy (non-hydrogen) atoms. The molecule has 0 atom stereocenters. The van der Waals surface area contributed by atoms with Crippen LogP contribution in [0.2, 0.25) is 0 Å². The van der Waals surface area contributed by atoms with Crippen molar-refractivity contribution in [2.45, 2.75) is 19.3 Å². The van der Waals surface area contributed by atoms with Gasteiger partial charge in [-0.15, -0.1) is 0 Å². The Labute approximate surface area is 240 Å². The molecule has 3 nitrogen and oxygen atoms in total. The summed E-state index contributed by atoms with van der Waals surface area (Å²) in [5, 5.41) is 10.9. The van der Waals surface area contributed by atoms with Gasteiger partial charge in [-0.25, -0.2) is 0 Å². The van der Waals surface area contributed by atoms with Crippen molar-refractivity contribution in [1.82, 2.24) is 4.57 Å². The van der Waals surface area contributed by atoms with Crippen LogP contribution in [0, 0.1) is 23.2 Å². The zero-order chi connectivity index (χ0) is 27.6. The molecule has 0 aliphatic heterocycles. The maximum atomic E-state index is 9.73. The van der Waals surface area contributed by atoms with E-state index in [9.17, 15) is 5.26 Å². The minimum absolute atomic E-state index is 0.663. The van der Waals surface area contributed by atoms with Gasteiger partial charge in [0, 0.05) is 40.0 Å². The van der Waals surface area contributed by atoms with Gasteiger partial charge in [0.15, 0.2) is 0 Å². The average molecular weight is 526 g/mol. The van der Waals surface area contributed by atoms with Crippen molar-refractivity contribution in [2.75, 3.05) is 4.90 Å². The van der Waals surface area contributed by atoms with Crippen LogP contribution in [0.5, 0.6) is 0 Å². The Morgan fingerprint density at radius 2 is 1.59 bits per heavy atom. The number of fused-ring (bicyclic) bond motifs is 3. The van der Waals surface area contributed by atoms with Crippen LogP contribution < -0.4 is 4.90 Å². The zero-order valence-electron chi connectivity index (χ0n) is 22.6. The standard InChI is InChI=1S/C38H27N3/c39-27-28-21-23-37(34(25-28)29-13-5-1-6-14-29)41-36-20-12-4-11-19-33(36)35-26-32(22-24-38(35)41)40(30-15-7-2-8-16-30)31-17-9-3-10-18-31/h1-3,5,7-11,13,15-19,21-26H,4,6,14H2. The van der Waals surface area contributed by atoms with Crippen molar-refractivity contribution in [3.63, 3.8) is 0 Å². The normalized spacial score (nSPS) is 13.5. The summed E-state index contributed by atoms with van der Waals surface area (Å²) in [6.07, 6.45) is 13.5. The molecule has 0 bridgehead atoms. The van der Waals surface area contributed by atoms with Gasteiger partial charge >= 0.3 is 0 Å². The van der Waals surface area contributed by atoms with Crippen LogP contribution in [0.25, 0.3) is 28.2 Å². The van der Waals surface area contributed by atoms with Crippen LogP contribution in [0.4, 0.5) is 17.1 Å². The molecular formula is C38H27N3. The molecule has 1 aromatic heterocycles. The number of aromatic nitrogens is 1. The molecule has 4 aromatic carbocycles. The Hall–Kier alpha value is -5.51. The van der Waals surface area contributed by atoms with E-state index in [0.29, 0.717) is 12.0 Å². The van der Waals surface area contributed by atoms with E-state index in [1.807, 2.05) is 24.3 Å². The number of para-hydroxylation sites is 2. The highest BCUT2D eigenvalue weighted by Gasteiger charge is 2.22. The van der Waals surface area contributed by atoms with Crippen LogP contribution in [-0.2, 0) is 0 Å². The molecule has 3 heteroatoms. The third-order valence-corrected chi connectivity index (χ3v) is 7.71. The molecule has 5 aromatic rings. The molecule has 1 heterocycles. The average Bonchev–Trinajstić information content (AvgIpc) is 3.16. The molecule has 0 N–H and O–H groups in total. The Morgan fingerprint density at radius 1 is 0.805 bits per heavy atom. The fourth-order valence-electron chi connectivity index (χ4n) is 5.84. The van der Waals surface area contributed by atoms with Crippen molar-refractivity contribution >= 4 is 39.6 Å². The first-order valence-corrected chi connectivity index (χ1v) is 14.0. The summed E-state index contributed by atoms with van der Waals surface area (Å²) in [7, 11) is 0. The molecular weight excluding hydrogens is 498 g/mol. The SMILES string of the molecule is N#Cc1ccc(-n2c3c(c4cc(N(c5ccccc5)c5ccccc5)ccc42)C=CCC#C3)c(C2=CC=CCC2)c1. The number of benzene rings is 4. The lowest BCUT2D eigenvalue weighted by atomic mass is 9.94. The maximum absolute atomic E-state index is 9.73. The highest BCUT2D eigenvalue weighted by molar-refractivity contribution is 5.98. The second kappa shape index (κ2) is 10.6. The lowest BCUT2D eigenvalue weighted by Crippen LogP contribution is -2.09. The van der Waals surface area contributed by atoms with Gasteiger partial charge in [0.05, 0.1) is 22.8 Å². The van der Waals surface area contributed by atoms with E-state index in [-0.39, 0.29) is 0 Å². The predicted octanol–water partition coefficient (Wildman–Crippen LogP) is 9.47. The van der Waals surface area contributed by atoms with E-state index in [1.165, 1.54) is 5.57 Å². The van der Waals surface area contributed by atoms with Gasteiger partial charge in [-0.1, -0.05) is 72.7 Å². The largest absolute Gasteiger partial charge is 0.310 e. The fraction of sp³-hybridized carbons (Fsp3) is 0.0789. The molecule has 0 spiro atoms. The lowest BCUT2D eigenvalue weighted by molar-refractivity contribution is 1.03. The third kappa shape index (κ3) is 4.45. The van der Waals surface area contributed by atoms with Crippen LogP contribution in [0.1, 0.15) is 41.6 Å². The molecule has 7 rings (SSSR count). The quantitative estimate of drug-likeness (QED) is 0.214. The van der Waals surface area contributed by atoms with E-state index in [4.69, 9.17) is 0 Å². The number of nitrogens with zero attached hydrogens (tertiary/aromatic N) is 3. The minimum Gasteiger partial charge on any atom is -0.310 e. The molecule has 0 saturated carbocycles. The van der Waals surface area contributed by atoms with Crippen LogP contribution in [0.15, 0.2) is 121 Å². The molecule has 0 fully saturated rings. The lowest BCUT2D eigenvalue weighted by Gasteiger charge is -2.25. The van der Waals surface area contributed by atoms with Gasteiger partial charge in [0.2, 0.25) is 0 Å². The summed E-state index contributed by atoms with van der Waals surface area (Å²) in [6.45, 7) is 0. The van der Waals surface area contributed by atoms with Crippen LogP contribution >= 0.6 is 0 Å². The third-order valence-electron chi connectivity index (χ3n) is 7.71. The summed E-state index contributed by atoms with van der Waals surface area (Å²) in [6, 6.07) is 36.0. The fourth-order valence-corrected chi connectivity index (χ4v) is 5.84. The zero-order valence-corrected chi connectivity index (χ0v) is 22.6. The van der Waals surface area contributed by atoms with E-state index >= 15 is 0 Å². The van der Waals surface area contributed by atoms with Gasteiger partial charge in [-0.3, -0.25) is 0 Å². The number of hydrogen-bond acceptors (Lipinski definition) is 2. The van der Waals surface area contributed by atoms with Crippen molar-refractivity contribution in [2.24, 2.45) is 0 Å². The topological polar surface area (TPSA) is 32.0 Å².